The maximum Gasteiger partial charge on any atom is 0.188 e. The molecular weight excluding hydrogens is 502 g/mol. The van der Waals surface area contributed by atoms with Crippen LogP contribution >= 0.6 is 11.6 Å². The van der Waals surface area contributed by atoms with E-state index in [9.17, 15) is 4.79 Å². The van der Waals surface area contributed by atoms with E-state index in [0.717, 1.165) is 44.5 Å². The summed E-state index contributed by atoms with van der Waals surface area (Å²) in [5.74, 6) is -0.132. The van der Waals surface area contributed by atoms with Crippen LogP contribution in [-0.2, 0) is 0 Å². The SMILES string of the molecule is Cc1nc2ccc(Cl)cc2c(-c2ccccc2)c1C(=O)/C=C/c1cn(-c2ccccc2)nc1-c1ccccc1. The number of allylic oxidation sites excluding steroid dienone is 1. The Labute approximate surface area is 231 Å². The van der Waals surface area contributed by atoms with Gasteiger partial charge in [-0.2, -0.15) is 5.10 Å². The Bertz CT molecular complexity index is 1830. The average molecular weight is 526 g/mol. The van der Waals surface area contributed by atoms with Crippen LogP contribution in [0.5, 0.6) is 0 Å². The van der Waals surface area contributed by atoms with Gasteiger partial charge in [0.25, 0.3) is 0 Å². The van der Waals surface area contributed by atoms with Gasteiger partial charge < -0.3 is 0 Å². The normalized spacial score (nSPS) is 11.3. The molecule has 0 saturated heterocycles. The van der Waals surface area contributed by atoms with Crippen LogP contribution in [0.15, 0.2) is 121 Å². The lowest BCUT2D eigenvalue weighted by molar-refractivity contribution is 0.104. The number of hydrogen-bond donors (Lipinski definition) is 0. The third-order valence-corrected chi connectivity index (χ3v) is 6.90. The Hall–Kier alpha value is -4.80. The predicted octanol–water partition coefficient (Wildman–Crippen LogP) is 8.61. The van der Waals surface area contributed by atoms with Gasteiger partial charge in [0, 0.05) is 39.0 Å². The minimum absolute atomic E-state index is 0.132. The molecule has 188 valence electrons. The van der Waals surface area contributed by atoms with Crippen LogP contribution in [-0.4, -0.2) is 20.5 Å². The molecule has 0 unspecified atom stereocenters. The molecule has 0 spiro atoms. The van der Waals surface area contributed by atoms with Crippen molar-refractivity contribution >= 4 is 34.4 Å². The van der Waals surface area contributed by atoms with Gasteiger partial charge in [-0.1, -0.05) is 90.5 Å². The lowest BCUT2D eigenvalue weighted by Gasteiger charge is -2.14. The molecule has 39 heavy (non-hydrogen) atoms. The third-order valence-electron chi connectivity index (χ3n) is 6.66. The van der Waals surface area contributed by atoms with E-state index in [0.29, 0.717) is 16.3 Å². The van der Waals surface area contributed by atoms with Gasteiger partial charge in [0.1, 0.15) is 0 Å². The molecule has 0 atom stereocenters. The van der Waals surface area contributed by atoms with E-state index in [1.54, 1.807) is 6.08 Å². The Kier molecular flexibility index (Phi) is 6.62. The van der Waals surface area contributed by atoms with E-state index in [1.165, 1.54) is 0 Å². The van der Waals surface area contributed by atoms with Crippen molar-refractivity contribution in [3.8, 4) is 28.1 Å². The first-order chi connectivity index (χ1) is 19.1. The number of carbonyl (C=O) groups excluding carboxylic acids is 1. The van der Waals surface area contributed by atoms with Crippen molar-refractivity contribution in [3.05, 3.63) is 143 Å². The van der Waals surface area contributed by atoms with Crippen molar-refractivity contribution in [3.63, 3.8) is 0 Å². The van der Waals surface area contributed by atoms with Crippen LogP contribution in [0.2, 0.25) is 5.02 Å². The molecule has 2 aromatic heterocycles. The van der Waals surface area contributed by atoms with Crippen LogP contribution in [0.4, 0.5) is 0 Å². The second-order valence-electron chi connectivity index (χ2n) is 9.25. The number of fused-ring (bicyclic) bond motifs is 1. The summed E-state index contributed by atoms with van der Waals surface area (Å²) in [6.07, 6.45) is 5.41. The number of aromatic nitrogens is 3. The fraction of sp³-hybridized carbons (Fsp3) is 0.0294. The smallest absolute Gasteiger partial charge is 0.188 e. The molecule has 0 aliphatic carbocycles. The number of benzene rings is 4. The molecule has 0 bridgehead atoms. The summed E-state index contributed by atoms with van der Waals surface area (Å²) in [7, 11) is 0. The molecule has 4 nitrogen and oxygen atoms in total. The highest BCUT2D eigenvalue weighted by Crippen LogP contribution is 2.35. The zero-order chi connectivity index (χ0) is 26.8. The fourth-order valence-corrected chi connectivity index (χ4v) is 5.03. The molecule has 0 amide bonds. The first-order valence-corrected chi connectivity index (χ1v) is 13.0. The van der Waals surface area contributed by atoms with Crippen LogP contribution in [0.3, 0.4) is 0 Å². The number of hydrogen-bond acceptors (Lipinski definition) is 3. The molecule has 5 heteroatoms. The summed E-state index contributed by atoms with van der Waals surface area (Å²) in [6, 6.07) is 35.4. The van der Waals surface area contributed by atoms with Crippen molar-refractivity contribution in [2.24, 2.45) is 0 Å². The standard InChI is InChI=1S/C34H24ClN3O/c1-23-32(33(24-11-5-2-6-12-24)29-21-27(35)18-19-30(29)36-23)31(39)20-17-26-22-38(28-15-9-4-10-16-28)37-34(26)25-13-7-3-8-14-25/h2-22H,1H3/b20-17+. The maximum atomic E-state index is 13.9. The molecule has 0 saturated carbocycles. The lowest BCUT2D eigenvalue weighted by atomic mass is 9.92. The summed E-state index contributed by atoms with van der Waals surface area (Å²) < 4.78 is 1.84. The van der Waals surface area contributed by atoms with Crippen LogP contribution in [0.25, 0.3) is 45.1 Å². The first-order valence-electron chi connectivity index (χ1n) is 12.7. The molecule has 0 N–H and O–H groups in total. The quantitative estimate of drug-likeness (QED) is 0.161. The summed E-state index contributed by atoms with van der Waals surface area (Å²) >= 11 is 6.38. The minimum Gasteiger partial charge on any atom is -0.289 e. The molecule has 0 aliphatic rings. The number of aryl methyl sites for hydroxylation is 1. The average Bonchev–Trinajstić information content (AvgIpc) is 3.41. The van der Waals surface area contributed by atoms with Gasteiger partial charge in [-0.3, -0.25) is 9.78 Å². The monoisotopic (exact) mass is 525 g/mol. The molecule has 2 heterocycles. The molecule has 0 aliphatic heterocycles. The van der Waals surface area contributed by atoms with Crippen molar-refractivity contribution in [2.45, 2.75) is 6.92 Å². The second-order valence-corrected chi connectivity index (χ2v) is 9.69. The van der Waals surface area contributed by atoms with E-state index in [-0.39, 0.29) is 5.78 Å². The number of carbonyl (C=O) groups is 1. The number of nitrogens with zero attached hydrogens (tertiary/aromatic N) is 3. The summed E-state index contributed by atoms with van der Waals surface area (Å²) in [6.45, 7) is 1.88. The van der Waals surface area contributed by atoms with E-state index >= 15 is 0 Å². The Morgan fingerprint density at radius 1 is 0.821 bits per heavy atom. The van der Waals surface area contributed by atoms with Gasteiger partial charge >= 0.3 is 0 Å². The van der Waals surface area contributed by atoms with E-state index in [1.807, 2.05) is 133 Å². The van der Waals surface area contributed by atoms with Gasteiger partial charge in [0.05, 0.1) is 22.5 Å². The zero-order valence-corrected chi connectivity index (χ0v) is 22.0. The third kappa shape index (κ3) is 4.90. The summed E-state index contributed by atoms with van der Waals surface area (Å²) in [4.78, 5) is 18.7. The van der Waals surface area contributed by atoms with Gasteiger partial charge in [0.15, 0.2) is 5.78 Å². The summed E-state index contributed by atoms with van der Waals surface area (Å²) in [5.41, 5.74) is 7.35. The lowest BCUT2D eigenvalue weighted by Crippen LogP contribution is -2.05. The van der Waals surface area contributed by atoms with Crippen LogP contribution in [0, 0.1) is 6.92 Å². The maximum absolute atomic E-state index is 13.9. The van der Waals surface area contributed by atoms with Gasteiger partial charge in [0.2, 0.25) is 0 Å². The number of para-hydroxylation sites is 1. The van der Waals surface area contributed by atoms with E-state index in [2.05, 4.69) is 0 Å². The molecule has 6 rings (SSSR count). The Morgan fingerprint density at radius 3 is 2.15 bits per heavy atom. The minimum atomic E-state index is -0.132. The molecule has 4 aromatic carbocycles. The fourth-order valence-electron chi connectivity index (χ4n) is 4.86. The van der Waals surface area contributed by atoms with Crippen LogP contribution in [0.1, 0.15) is 21.6 Å². The number of rotatable bonds is 6. The van der Waals surface area contributed by atoms with Gasteiger partial charge in [-0.25, -0.2) is 4.68 Å². The van der Waals surface area contributed by atoms with Crippen molar-refractivity contribution in [1.29, 1.82) is 0 Å². The van der Waals surface area contributed by atoms with Crippen molar-refractivity contribution in [2.75, 3.05) is 0 Å². The molecule has 0 radical (unpaired) electrons. The molecular formula is C34H24ClN3O. The largest absolute Gasteiger partial charge is 0.289 e. The Balaban J connectivity index is 1.48. The summed E-state index contributed by atoms with van der Waals surface area (Å²) in [5, 5.41) is 6.30. The van der Waals surface area contributed by atoms with E-state index < -0.39 is 0 Å². The highest BCUT2D eigenvalue weighted by Gasteiger charge is 2.20. The molecule has 0 fully saturated rings. The number of pyridine rings is 1. The highest BCUT2D eigenvalue weighted by atomic mass is 35.5. The van der Waals surface area contributed by atoms with E-state index in [4.69, 9.17) is 21.7 Å². The van der Waals surface area contributed by atoms with Gasteiger partial charge in [-0.15, -0.1) is 0 Å². The zero-order valence-electron chi connectivity index (χ0n) is 21.3. The Morgan fingerprint density at radius 2 is 1.46 bits per heavy atom. The highest BCUT2D eigenvalue weighted by molar-refractivity contribution is 6.31. The predicted molar refractivity (Wildman–Crippen MR) is 159 cm³/mol. The second kappa shape index (κ2) is 10.5. The van der Waals surface area contributed by atoms with Crippen molar-refractivity contribution in [1.82, 2.24) is 14.8 Å². The topological polar surface area (TPSA) is 47.8 Å². The van der Waals surface area contributed by atoms with Crippen molar-refractivity contribution < 1.29 is 4.79 Å². The number of halogens is 1. The number of ketones is 1. The molecule has 6 aromatic rings. The van der Waals surface area contributed by atoms with Gasteiger partial charge in [-0.05, 0) is 55.0 Å². The van der Waals surface area contributed by atoms with Crippen LogP contribution < -0.4 is 0 Å². The first kappa shape index (κ1) is 24.5.